The van der Waals surface area contributed by atoms with Gasteiger partial charge < -0.3 is 20.3 Å². The largest absolute Gasteiger partial charge is 0.378 e. The molecule has 3 amide bonds. The molecule has 3 atom stereocenters. The number of rotatable bonds is 13. The molecular weight excluding hydrogens is 601 g/mol. The summed E-state index contributed by atoms with van der Waals surface area (Å²) in [6.45, 7) is 11.2. The van der Waals surface area contributed by atoms with Gasteiger partial charge in [0.25, 0.3) is 5.91 Å². The van der Waals surface area contributed by atoms with Gasteiger partial charge in [-0.3, -0.25) is 23.9 Å². The highest BCUT2D eigenvalue weighted by Crippen LogP contribution is 2.32. The minimum Gasteiger partial charge on any atom is -0.378 e. The summed E-state index contributed by atoms with van der Waals surface area (Å²) in [5.74, 6) is -1.62. The van der Waals surface area contributed by atoms with Crippen molar-refractivity contribution in [3.05, 3.63) is 53.1 Å². The summed E-state index contributed by atoms with van der Waals surface area (Å²) in [6.07, 6.45) is 6.51. The molecule has 0 radical (unpaired) electrons. The minimum atomic E-state index is -0.869. The van der Waals surface area contributed by atoms with Crippen LogP contribution in [0.2, 0.25) is 0 Å². The number of aromatic nitrogens is 2. The van der Waals surface area contributed by atoms with Gasteiger partial charge in [-0.25, -0.2) is 4.39 Å². The van der Waals surface area contributed by atoms with Crippen molar-refractivity contribution in [1.82, 2.24) is 25.3 Å². The summed E-state index contributed by atoms with van der Waals surface area (Å²) in [7, 11) is 1.67. The molecule has 4 rings (SSSR count). The second-order valence-electron chi connectivity index (χ2n) is 13.7. The highest BCUT2D eigenvalue weighted by Gasteiger charge is 2.37. The molecule has 0 spiro atoms. The number of hydrogen-bond acceptors (Lipinski definition) is 6. The smallest absolute Gasteiger partial charge is 0.270 e. The van der Waals surface area contributed by atoms with Crippen molar-refractivity contribution in [1.29, 1.82) is 0 Å². The van der Waals surface area contributed by atoms with Crippen LogP contribution in [0.4, 0.5) is 4.39 Å². The van der Waals surface area contributed by atoms with E-state index in [0.717, 1.165) is 25.7 Å². The molecule has 1 aliphatic heterocycles. The lowest BCUT2D eigenvalue weighted by Gasteiger charge is -2.40. The molecule has 1 aromatic carbocycles. The Kier molecular flexibility index (Phi) is 12.3. The van der Waals surface area contributed by atoms with E-state index in [-0.39, 0.29) is 53.4 Å². The van der Waals surface area contributed by atoms with Crippen molar-refractivity contribution >= 4 is 23.5 Å². The van der Waals surface area contributed by atoms with Crippen LogP contribution in [0.15, 0.2) is 30.5 Å². The van der Waals surface area contributed by atoms with Crippen molar-refractivity contribution in [2.75, 3.05) is 20.2 Å². The van der Waals surface area contributed by atoms with E-state index in [9.17, 15) is 19.2 Å². The van der Waals surface area contributed by atoms with Crippen LogP contribution in [0.1, 0.15) is 107 Å². The molecule has 1 aliphatic carbocycles. The Bertz CT molecular complexity index is 1410. The molecule has 11 heteroatoms. The number of carbonyl (C=O) groups is 4. The lowest BCUT2D eigenvalue weighted by atomic mass is 9.77. The Labute approximate surface area is 278 Å². The number of likely N-dealkylation sites (tertiary alicyclic amines) is 1. The van der Waals surface area contributed by atoms with Gasteiger partial charge in [-0.05, 0) is 74.6 Å². The van der Waals surface area contributed by atoms with Crippen LogP contribution in [0.25, 0.3) is 0 Å². The number of piperidine rings is 1. The number of halogens is 1. The SMILES string of the molecule is CCC(=O)N[C@@H](C(=O)N1CCC(C)(OC)CC1)[C@@H](C)c1ccc(CC(=O)[C@@H](NC(=O)c2ccnn2CC)C2CCC(C)CC2)c(F)c1. The third-order valence-electron chi connectivity index (χ3n) is 10.4. The second-order valence-corrected chi connectivity index (χ2v) is 13.7. The number of nitrogens with zero attached hydrogens (tertiary/aromatic N) is 3. The number of amides is 3. The molecule has 10 nitrogen and oxygen atoms in total. The molecule has 2 fully saturated rings. The molecule has 1 aromatic heterocycles. The van der Waals surface area contributed by atoms with E-state index in [4.69, 9.17) is 4.74 Å². The molecule has 0 unspecified atom stereocenters. The zero-order valence-corrected chi connectivity index (χ0v) is 28.8. The summed E-state index contributed by atoms with van der Waals surface area (Å²) in [4.78, 5) is 55.0. The first kappa shape index (κ1) is 36.2. The van der Waals surface area contributed by atoms with E-state index in [0.29, 0.717) is 49.7 Å². The van der Waals surface area contributed by atoms with Gasteiger partial charge in [0, 0.05) is 51.7 Å². The summed E-state index contributed by atoms with van der Waals surface area (Å²) < 4.78 is 22.9. The first-order valence-electron chi connectivity index (χ1n) is 17.2. The van der Waals surface area contributed by atoms with Crippen LogP contribution in [0, 0.1) is 17.7 Å². The Hall–Kier alpha value is -3.60. The molecule has 1 saturated carbocycles. The van der Waals surface area contributed by atoms with Crippen LogP contribution in [-0.4, -0.2) is 76.1 Å². The zero-order valence-electron chi connectivity index (χ0n) is 28.8. The Morgan fingerprint density at radius 3 is 2.34 bits per heavy atom. The predicted molar refractivity (Wildman–Crippen MR) is 177 cm³/mol. The standard InChI is InChI=1S/C36H52FN5O5/c1-7-31(44)39-32(35(46)41-19-16-36(5,47-6)17-20-41)24(4)26-13-14-27(28(37)21-26)22-30(43)33(25-11-9-23(3)10-12-25)40-34(45)29-15-18-38-42(29)8-2/h13-15,18,21,23-25,32-33H,7-12,16-17,19-20,22H2,1-6H3,(H,39,44)(H,40,45)/t23?,24-,25?,32+,33-/m0/s1. The molecule has 258 valence electrons. The van der Waals surface area contributed by atoms with Crippen molar-refractivity contribution in [2.45, 2.75) is 116 Å². The quantitative estimate of drug-likeness (QED) is 0.320. The number of aryl methyl sites for hydroxylation is 1. The average Bonchev–Trinajstić information content (AvgIpc) is 3.56. The van der Waals surface area contributed by atoms with E-state index >= 15 is 4.39 Å². The number of nitrogens with one attached hydrogen (secondary N) is 2. The van der Waals surface area contributed by atoms with E-state index < -0.39 is 23.8 Å². The fraction of sp³-hybridized carbons (Fsp3) is 0.639. The fourth-order valence-electron chi connectivity index (χ4n) is 6.83. The summed E-state index contributed by atoms with van der Waals surface area (Å²) in [6, 6.07) is 4.68. The van der Waals surface area contributed by atoms with Crippen molar-refractivity contribution in [3.8, 4) is 0 Å². The second kappa shape index (κ2) is 16.0. The molecular formula is C36H52FN5O5. The van der Waals surface area contributed by atoms with Crippen molar-refractivity contribution in [3.63, 3.8) is 0 Å². The van der Waals surface area contributed by atoms with Crippen molar-refractivity contribution in [2.24, 2.45) is 11.8 Å². The van der Waals surface area contributed by atoms with Gasteiger partial charge in [0.1, 0.15) is 17.6 Å². The molecule has 1 saturated heterocycles. The number of ketones is 1. The third-order valence-corrected chi connectivity index (χ3v) is 10.4. The topological polar surface area (TPSA) is 123 Å². The van der Waals surface area contributed by atoms with E-state index in [1.165, 1.54) is 6.07 Å². The molecule has 47 heavy (non-hydrogen) atoms. The first-order chi connectivity index (χ1) is 22.4. The Morgan fingerprint density at radius 2 is 1.74 bits per heavy atom. The van der Waals surface area contributed by atoms with Crippen LogP contribution in [-0.2, 0) is 32.1 Å². The van der Waals surface area contributed by atoms with Crippen LogP contribution >= 0.6 is 0 Å². The number of Topliss-reactive ketones (excluding diaryl/α,β-unsaturated/α-hetero) is 1. The maximum atomic E-state index is 15.7. The van der Waals surface area contributed by atoms with Gasteiger partial charge in [0.15, 0.2) is 5.78 Å². The minimum absolute atomic E-state index is 0.0338. The number of benzene rings is 1. The highest BCUT2D eigenvalue weighted by atomic mass is 19.1. The maximum absolute atomic E-state index is 15.7. The van der Waals surface area contributed by atoms with Gasteiger partial charge in [-0.2, -0.15) is 5.10 Å². The molecule has 2 heterocycles. The number of hydrogen-bond donors (Lipinski definition) is 2. The predicted octanol–water partition coefficient (Wildman–Crippen LogP) is 4.80. The van der Waals surface area contributed by atoms with Crippen LogP contribution in [0.5, 0.6) is 0 Å². The van der Waals surface area contributed by atoms with Gasteiger partial charge in [0.05, 0.1) is 11.6 Å². The van der Waals surface area contributed by atoms with E-state index in [1.807, 2.05) is 13.8 Å². The normalized spacial score (nSPS) is 21.4. The van der Waals surface area contributed by atoms with Crippen molar-refractivity contribution < 1.29 is 28.3 Å². The number of methoxy groups -OCH3 is 1. The fourth-order valence-corrected chi connectivity index (χ4v) is 6.83. The van der Waals surface area contributed by atoms with E-state index in [1.54, 1.807) is 54.9 Å². The van der Waals surface area contributed by atoms with Gasteiger partial charge >= 0.3 is 0 Å². The summed E-state index contributed by atoms with van der Waals surface area (Å²) in [5.41, 5.74) is 0.862. The Morgan fingerprint density at radius 1 is 1.06 bits per heavy atom. The molecule has 0 bridgehead atoms. The molecule has 2 aliphatic rings. The average molecular weight is 654 g/mol. The summed E-state index contributed by atoms with van der Waals surface area (Å²) in [5, 5.41) is 10.0. The van der Waals surface area contributed by atoms with Crippen LogP contribution < -0.4 is 10.6 Å². The Balaban J connectivity index is 1.51. The van der Waals surface area contributed by atoms with Crippen LogP contribution in [0.3, 0.4) is 0 Å². The molecule has 2 aromatic rings. The highest BCUT2D eigenvalue weighted by molar-refractivity contribution is 5.97. The first-order valence-corrected chi connectivity index (χ1v) is 17.2. The maximum Gasteiger partial charge on any atom is 0.270 e. The monoisotopic (exact) mass is 653 g/mol. The lowest BCUT2D eigenvalue weighted by molar-refractivity contribution is -0.141. The number of ether oxygens (including phenoxy) is 1. The van der Waals surface area contributed by atoms with Gasteiger partial charge in [-0.1, -0.05) is 45.7 Å². The third kappa shape index (κ3) is 8.86. The number of carbonyl (C=O) groups excluding carboxylic acids is 4. The van der Waals surface area contributed by atoms with Gasteiger partial charge in [-0.15, -0.1) is 0 Å². The van der Waals surface area contributed by atoms with Gasteiger partial charge in [0.2, 0.25) is 11.8 Å². The van der Waals surface area contributed by atoms with E-state index in [2.05, 4.69) is 22.7 Å². The lowest BCUT2D eigenvalue weighted by Crippen LogP contribution is -2.54. The zero-order chi connectivity index (χ0) is 34.3. The molecule has 2 N–H and O–H groups in total. The summed E-state index contributed by atoms with van der Waals surface area (Å²) >= 11 is 0.